The Labute approximate surface area is 514 Å². The first kappa shape index (κ1) is 63.0. The molecule has 6 amide bonds. The number of hydroxylamine groups is 6. The Morgan fingerprint density at radius 1 is 0.500 bits per heavy atom. The molecule has 0 aromatic carbocycles. The molecule has 5 saturated carbocycles. The van der Waals surface area contributed by atoms with Crippen LogP contribution < -0.4 is 5.32 Å². The van der Waals surface area contributed by atoms with Crippen LogP contribution in [-0.2, 0) is 29.4 Å². The van der Waals surface area contributed by atoms with E-state index in [1.54, 1.807) is 4.90 Å². The predicted molar refractivity (Wildman–Crippen MR) is 306 cm³/mol. The third-order valence-electron chi connectivity index (χ3n) is 21.3. The fourth-order valence-electron chi connectivity index (χ4n) is 16.4. The predicted octanol–water partition coefficient (Wildman–Crippen LogP) is 7.51. The number of rotatable bonds is 22. The number of nitrogens with zero attached hydrogens (tertiary/aromatic N) is 13. The summed E-state index contributed by atoms with van der Waals surface area (Å²) in [6.45, 7) is 18.0. The molecule has 7 saturated heterocycles. The van der Waals surface area contributed by atoms with Crippen molar-refractivity contribution in [3.05, 3.63) is 35.3 Å². The van der Waals surface area contributed by atoms with Gasteiger partial charge in [0.05, 0.1) is 44.3 Å². The largest absolute Gasteiger partial charge is 0.724 e. The van der Waals surface area contributed by atoms with Gasteiger partial charge in [-0.15, -0.1) is 34.9 Å². The van der Waals surface area contributed by atoms with Crippen molar-refractivity contribution in [2.45, 2.75) is 210 Å². The number of carbonyl (C=O) groups excluding carboxylic acids is 3. The van der Waals surface area contributed by atoms with Gasteiger partial charge in [-0.05, 0) is 138 Å². The molecule has 7 aliphatic heterocycles. The highest BCUT2D eigenvalue weighted by atomic mass is 32.3. The molecule has 0 spiro atoms. The Hall–Kier alpha value is -5.15. The number of nitrogens with one attached hydrogen (secondary N) is 1. The van der Waals surface area contributed by atoms with Crippen LogP contribution in [0.1, 0.15) is 227 Å². The monoisotopic (exact) mass is 1270 g/mol. The standard InChI is InChI=1S/C16H36N.C14H18N4O6S.C14H18N4O3.C13H17N5O6S/c1-5-9-13-17(14-10-6-2,15-11-7-3)16-12-8-4;19-14-17-6-7(18(14)24-25(20,21)22)4-5-10(17)12-15-16-13(23-12)11-8-2-1-3-9(8)11;19-14-17-6-7(18(14)20)4-5-10(17)12-15-16-13(21-12)11-8-2-1-3-9(8)11;19-13-17-5-6(18(13)24-25(20,21)22)1-2-9(17)11-15-16-12(23-11)10-7-3-14-4-8(7)10/h5-16H2,1-4H3;7-11H,1-6H2,(H,20,21,22);7-11,20H,1-6H2;6-10,14H,1-5H2,(H,20,21,22)/q+1;;;/p-1/t;2*7-,8-,9+,10+,11?;6-,7-,8+,9+,10?/m.111/s1. The molecular formula is C57H88N14O15S2. The number of hydrogen-bond acceptors (Lipinski definition) is 21. The number of urea groups is 3. The number of hydrogen-bond donors (Lipinski definition) is 3. The lowest BCUT2D eigenvalue weighted by Crippen LogP contribution is -2.50. The van der Waals surface area contributed by atoms with Crippen LogP contribution in [0.3, 0.4) is 0 Å². The summed E-state index contributed by atoms with van der Waals surface area (Å²) in [5.74, 6) is 8.32. The second-order valence-electron chi connectivity index (χ2n) is 26.7. The van der Waals surface area contributed by atoms with Crippen molar-refractivity contribution in [3.8, 4) is 0 Å². The molecule has 3 aromatic rings. The van der Waals surface area contributed by atoms with Gasteiger partial charge in [0.1, 0.15) is 18.1 Å². The van der Waals surface area contributed by atoms with Crippen LogP contribution in [0.4, 0.5) is 14.4 Å². The maximum absolute atomic E-state index is 12.4. The van der Waals surface area contributed by atoms with Crippen molar-refractivity contribution in [2.24, 2.45) is 35.5 Å². The van der Waals surface area contributed by atoms with E-state index in [-0.39, 0.29) is 31.2 Å². The van der Waals surface area contributed by atoms with Gasteiger partial charge in [-0.2, -0.15) is 22.8 Å². The van der Waals surface area contributed by atoms with Crippen molar-refractivity contribution in [1.82, 2.24) is 65.8 Å². The fourth-order valence-corrected chi connectivity index (χ4v) is 17.2. The molecule has 3 aromatic heterocycles. The highest BCUT2D eigenvalue weighted by Crippen LogP contribution is 2.64. The van der Waals surface area contributed by atoms with Gasteiger partial charge in [-0.25, -0.2) is 27.9 Å². The molecule has 6 bridgehead atoms. The van der Waals surface area contributed by atoms with Gasteiger partial charge in [0.15, 0.2) is 0 Å². The number of amides is 6. The molecule has 5 aliphatic carbocycles. The molecule has 0 radical (unpaired) electrons. The van der Waals surface area contributed by atoms with E-state index in [0.717, 1.165) is 48.7 Å². The number of quaternary nitrogens is 1. The zero-order valence-electron chi connectivity index (χ0n) is 51.0. The minimum absolute atomic E-state index is 0.0843. The van der Waals surface area contributed by atoms with E-state index >= 15 is 0 Å². The third-order valence-corrected chi connectivity index (χ3v) is 22.0. The van der Waals surface area contributed by atoms with Crippen molar-refractivity contribution in [2.75, 3.05) is 58.9 Å². The van der Waals surface area contributed by atoms with Crippen molar-refractivity contribution in [3.63, 3.8) is 0 Å². The number of unbranched alkanes of at least 4 members (excludes halogenated alkanes) is 4. The SMILES string of the molecule is CCCC[N+](CCCC)(CCCC)CCCC.O=C1N(O)[C@@H]2CC[C@@H](c3nnc(C4[C@H]5CCC[C@@H]45)o3)N1C2.O=C1N2C[C@@H](CC[C@H]2c2nnc(C3[C@H]4CCC[C@@H]34)o2)N1OS(=O)(=O)[O-].O=C1N2C[C@@H](CC[C@H]2c2nnc(C3[C@H]4CNC[C@@H]34)o2)N1OS(=O)(=O)O. The normalized spacial score (nSPS) is 33.0. The molecule has 10 heterocycles. The second-order valence-corrected chi connectivity index (χ2v) is 28.7. The summed E-state index contributed by atoms with van der Waals surface area (Å²) in [6, 6.07) is -3.59. The first-order valence-corrected chi connectivity index (χ1v) is 35.4. The van der Waals surface area contributed by atoms with Crippen molar-refractivity contribution < 1.29 is 71.8 Å². The van der Waals surface area contributed by atoms with E-state index in [1.165, 1.54) is 130 Å². The van der Waals surface area contributed by atoms with Gasteiger partial charge < -0.3 is 42.3 Å². The highest BCUT2D eigenvalue weighted by molar-refractivity contribution is 7.81. The summed E-state index contributed by atoms with van der Waals surface area (Å²) in [6.07, 6.45) is 22.3. The van der Waals surface area contributed by atoms with Crippen molar-refractivity contribution >= 4 is 38.9 Å². The summed E-state index contributed by atoms with van der Waals surface area (Å²) in [5, 5.41) is 40.3. The maximum atomic E-state index is 12.4. The summed E-state index contributed by atoms with van der Waals surface area (Å²) >= 11 is 0. The molecular weight excluding hydrogens is 1180 g/mol. The van der Waals surface area contributed by atoms with Crippen LogP contribution in [0.15, 0.2) is 13.3 Å². The van der Waals surface area contributed by atoms with Crippen molar-refractivity contribution in [1.29, 1.82) is 0 Å². The van der Waals surface area contributed by atoms with E-state index in [9.17, 15) is 41.0 Å². The maximum Gasteiger partial charge on any atom is 0.418 e. The Bertz CT molecular complexity index is 2980. The first-order valence-electron chi connectivity index (χ1n) is 32.7. The summed E-state index contributed by atoms with van der Waals surface area (Å²) in [5.41, 5.74) is 0. The van der Waals surface area contributed by atoms with E-state index in [0.29, 0.717) is 113 Å². The lowest BCUT2D eigenvalue weighted by atomic mass is 10.0. The molecule has 15 rings (SSSR count). The number of aromatic nitrogens is 6. The van der Waals surface area contributed by atoms with Gasteiger partial charge in [0.2, 0.25) is 45.7 Å². The molecule has 12 fully saturated rings. The molecule has 31 heteroatoms. The van der Waals surface area contributed by atoms with Crippen LogP contribution in [0.2, 0.25) is 0 Å². The van der Waals surface area contributed by atoms with E-state index in [4.69, 9.17) is 17.8 Å². The second kappa shape index (κ2) is 25.9. The number of carbonyl (C=O) groups is 3. The first-order chi connectivity index (χ1) is 42.3. The Kier molecular flexibility index (Phi) is 18.5. The Morgan fingerprint density at radius 2 is 0.841 bits per heavy atom. The highest BCUT2D eigenvalue weighted by Gasteiger charge is 2.59. The Balaban J connectivity index is 0.000000116. The Morgan fingerprint density at radius 3 is 1.22 bits per heavy atom. The summed E-state index contributed by atoms with van der Waals surface area (Å²) < 4.78 is 90.9. The molecule has 15 atom stereocenters. The van der Waals surface area contributed by atoms with Gasteiger partial charge in [0, 0.05) is 37.4 Å². The van der Waals surface area contributed by atoms with Crippen LogP contribution in [0.5, 0.6) is 0 Å². The summed E-state index contributed by atoms with van der Waals surface area (Å²) in [4.78, 5) is 41.3. The average Bonchev–Trinajstić information content (AvgIpc) is 1.62. The number of piperidine rings is 4. The van der Waals surface area contributed by atoms with E-state index in [2.05, 4.69) is 72.2 Å². The smallest absolute Gasteiger partial charge is 0.418 e. The topological polar surface area (TPSA) is 350 Å². The van der Waals surface area contributed by atoms with Crippen LogP contribution in [-0.4, -0.2) is 191 Å². The van der Waals surface area contributed by atoms with E-state index in [1.807, 2.05) is 0 Å². The lowest BCUT2D eigenvalue weighted by Gasteiger charge is -2.39. The average molecular weight is 1270 g/mol. The van der Waals surface area contributed by atoms with Crippen LogP contribution in [0.25, 0.3) is 0 Å². The fraction of sp³-hybridized carbons (Fsp3) is 0.842. The van der Waals surface area contributed by atoms with Crippen LogP contribution >= 0.6 is 0 Å². The molecule has 3 N–H and O–H groups in total. The lowest BCUT2D eigenvalue weighted by molar-refractivity contribution is -0.929. The van der Waals surface area contributed by atoms with Gasteiger partial charge in [-0.3, -0.25) is 9.76 Å². The summed E-state index contributed by atoms with van der Waals surface area (Å²) in [7, 11) is -9.74. The molecule has 12 aliphatic rings. The quantitative estimate of drug-likeness (QED) is 0.0379. The van der Waals surface area contributed by atoms with Gasteiger partial charge in [-0.1, -0.05) is 66.2 Å². The molecule has 88 heavy (non-hydrogen) atoms. The zero-order valence-corrected chi connectivity index (χ0v) is 52.6. The molecule has 29 nitrogen and oxygen atoms in total. The van der Waals surface area contributed by atoms with Crippen LogP contribution in [0, 0.1) is 35.5 Å². The molecule has 488 valence electrons. The molecule has 3 unspecified atom stereocenters. The minimum Gasteiger partial charge on any atom is -0.724 e. The van der Waals surface area contributed by atoms with Gasteiger partial charge >= 0.3 is 28.5 Å². The zero-order chi connectivity index (χ0) is 61.8. The van der Waals surface area contributed by atoms with E-state index < -0.39 is 57.0 Å². The number of fused-ring (bicyclic) bond motifs is 9. The minimum atomic E-state index is -4.99. The van der Waals surface area contributed by atoms with Gasteiger partial charge in [0.25, 0.3) is 0 Å². The third kappa shape index (κ3) is 13.0.